The summed E-state index contributed by atoms with van der Waals surface area (Å²) in [5, 5.41) is 14.0. The monoisotopic (exact) mass is 440 g/mol. The highest BCUT2D eigenvalue weighted by Crippen LogP contribution is 2.26. The minimum Gasteiger partial charge on any atom is -0.347 e. The summed E-state index contributed by atoms with van der Waals surface area (Å²) in [5.41, 5.74) is 3.29. The minimum absolute atomic E-state index is 0.271. The number of nitrogens with one attached hydrogen (secondary N) is 1. The van der Waals surface area contributed by atoms with Crippen molar-refractivity contribution in [3.8, 4) is 10.6 Å². The SMILES string of the molecule is CN(c1cscn1)[C@@H](Cc1cccc(F)c1)C(=O)Nc1nnc(-c2ccncc2)s1. The van der Waals surface area contributed by atoms with E-state index >= 15 is 0 Å². The molecule has 4 aromatic rings. The Hall–Kier alpha value is -3.24. The molecule has 1 aromatic carbocycles. The third kappa shape index (κ3) is 4.66. The molecule has 0 bridgehead atoms. The zero-order valence-electron chi connectivity index (χ0n) is 15.9. The van der Waals surface area contributed by atoms with Crippen LogP contribution in [0.3, 0.4) is 0 Å². The van der Waals surface area contributed by atoms with Gasteiger partial charge >= 0.3 is 0 Å². The van der Waals surface area contributed by atoms with Gasteiger partial charge in [-0.1, -0.05) is 23.5 Å². The number of hydrogen-bond donors (Lipinski definition) is 1. The van der Waals surface area contributed by atoms with E-state index in [2.05, 4.69) is 25.5 Å². The van der Waals surface area contributed by atoms with Crippen molar-refractivity contribution in [3.63, 3.8) is 0 Å². The molecule has 3 heterocycles. The Bertz CT molecular complexity index is 1120. The lowest BCUT2D eigenvalue weighted by Crippen LogP contribution is -2.43. The second kappa shape index (κ2) is 9.06. The van der Waals surface area contributed by atoms with E-state index in [0.29, 0.717) is 27.9 Å². The highest BCUT2D eigenvalue weighted by atomic mass is 32.1. The number of nitrogens with zero attached hydrogens (tertiary/aromatic N) is 5. The second-order valence-corrected chi connectivity index (χ2v) is 8.14. The maximum atomic E-state index is 13.7. The van der Waals surface area contributed by atoms with Gasteiger partial charge in [-0.25, -0.2) is 9.37 Å². The summed E-state index contributed by atoms with van der Waals surface area (Å²) in [6, 6.07) is 9.29. The van der Waals surface area contributed by atoms with Gasteiger partial charge in [0.1, 0.15) is 22.7 Å². The van der Waals surface area contributed by atoms with Crippen LogP contribution in [-0.2, 0) is 11.2 Å². The topological polar surface area (TPSA) is 83.9 Å². The molecule has 0 saturated heterocycles. The maximum absolute atomic E-state index is 13.7. The van der Waals surface area contributed by atoms with E-state index in [1.54, 1.807) is 42.0 Å². The predicted octanol–water partition coefficient (Wildman–Crippen LogP) is 3.88. The lowest BCUT2D eigenvalue weighted by Gasteiger charge is -2.27. The molecule has 7 nitrogen and oxygen atoms in total. The molecule has 0 radical (unpaired) electrons. The second-order valence-electron chi connectivity index (χ2n) is 6.44. The third-order valence-electron chi connectivity index (χ3n) is 4.45. The number of anilines is 2. The number of pyridine rings is 1. The number of carbonyl (C=O) groups is 1. The summed E-state index contributed by atoms with van der Waals surface area (Å²) in [6.07, 6.45) is 3.66. The molecule has 3 aromatic heterocycles. The summed E-state index contributed by atoms with van der Waals surface area (Å²) >= 11 is 2.72. The standard InChI is InChI=1S/C20H17FN6OS2/c1-27(17-11-29-12-23-17)16(10-13-3-2-4-15(21)9-13)18(28)24-20-26-25-19(30-20)14-5-7-22-8-6-14/h2-9,11-12,16H,10H2,1H3,(H,24,26,28)/t16-/m0/s1. The van der Waals surface area contributed by atoms with E-state index in [0.717, 1.165) is 5.56 Å². The molecule has 0 aliphatic rings. The fourth-order valence-corrected chi connectivity index (χ4v) is 4.24. The number of rotatable bonds is 7. The molecule has 0 fully saturated rings. The first-order valence-electron chi connectivity index (χ1n) is 9.00. The molecule has 0 spiro atoms. The van der Waals surface area contributed by atoms with Crippen molar-refractivity contribution >= 4 is 39.5 Å². The van der Waals surface area contributed by atoms with Gasteiger partial charge in [-0.15, -0.1) is 21.5 Å². The van der Waals surface area contributed by atoms with Gasteiger partial charge in [0.15, 0.2) is 0 Å². The highest BCUT2D eigenvalue weighted by molar-refractivity contribution is 7.18. The van der Waals surface area contributed by atoms with Crippen molar-refractivity contribution in [2.45, 2.75) is 12.5 Å². The first-order valence-corrected chi connectivity index (χ1v) is 10.8. The zero-order valence-corrected chi connectivity index (χ0v) is 17.5. The third-order valence-corrected chi connectivity index (χ3v) is 5.91. The predicted molar refractivity (Wildman–Crippen MR) is 116 cm³/mol. The van der Waals surface area contributed by atoms with Gasteiger partial charge in [0.2, 0.25) is 11.0 Å². The largest absolute Gasteiger partial charge is 0.347 e. The van der Waals surface area contributed by atoms with Crippen LogP contribution in [0.5, 0.6) is 0 Å². The molecule has 0 aliphatic carbocycles. The van der Waals surface area contributed by atoms with E-state index in [1.165, 1.54) is 34.8 Å². The van der Waals surface area contributed by atoms with Crippen LogP contribution in [0.2, 0.25) is 0 Å². The Labute approximate surface area is 180 Å². The molecule has 152 valence electrons. The van der Waals surface area contributed by atoms with Gasteiger partial charge < -0.3 is 4.90 Å². The molecule has 0 unspecified atom stereocenters. The molecule has 30 heavy (non-hydrogen) atoms. The van der Waals surface area contributed by atoms with E-state index < -0.39 is 6.04 Å². The van der Waals surface area contributed by atoms with Crippen molar-refractivity contribution in [2.24, 2.45) is 0 Å². The number of halogens is 1. The van der Waals surface area contributed by atoms with Crippen LogP contribution >= 0.6 is 22.7 Å². The summed E-state index contributed by atoms with van der Waals surface area (Å²) in [4.78, 5) is 23.2. The summed E-state index contributed by atoms with van der Waals surface area (Å²) in [6.45, 7) is 0. The van der Waals surface area contributed by atoms with E-state index in [9.17, 15) is 9.18 Å². The molecular weight excluding hydrogens is 423 g/mol. The normalized spacial score (nSPS) is 11.8. The number of amides is 1. The van der Waals surface area contributed by atoms with E-state index in [-0.39, 0.29) is 11.7 Å². The summed E-state index contributed by atoms with van der Waals surface area (Å²) in [7, 11) is 1.79. The van der Waals surface area contributed by atoms with Gasteiger partial charge in [0.25, 0.3) is 0 Å². The molecule has 1 amide bonds. The maximum Gasteiger partial charge on any atom is 0.249 e. The molecule has 1 N–H and O–H groups in total. The first-order chi connectivity index (χ1) is 14.6. The quantitative estimate of drug-likeness (QED) is 0.470. The molecule has 1 atom stereocenters. The minimum atomic E-state index is -0.609. The van der Waals surface area contributed by atoms with Crippen LogP contribution in [0.25, 0.3) is 10.6 Å². The molecule has 10 heteroatoms. The van der Waals surface area contributed by atoms with Crippen LogP contribution in [0.4, 0.5) is 15.3 Å². The average molecular weight is 441 g/mol. The van der Waals surface area contributed by atoms with E-state index in [1.807, 2.05) is 17.5 Å². The van der Waals surface area contributed by atoms with Crippen molar-refractivity contribution in [2.75, 3.05) is 17.3 Å². The van der Waals surface area contributed by atoms with Crippen molar-refractivity contribution in [1.29, 1.82) is 0 Å². The Kier molecular flexibility index (Phi) is 6.05. The first kappa shape index (κ1) is 20.0. The van der Waals surface area contributed by atoms with Crippen LogP contribution in [0.1, 0.15) is 5.56 Å². The van der Waals surface area contributed by atoms with Gasteiger partial charge in [-0.05, 0) is 29.8 Å². The lowest BCUT2D eigenvalue weighted by molar-refractivity contribution is -0.117. The lowest BCUT2D eigenvalue weighted by atomic mass is 10.0. The summed E-state index contributed by atoms with van der Waals surface area (Å²) in [5.74, 6) is 0.0626. The number of thiazole rings is 1. The van der Waals surface area contributed by atoms with E-state index in [4.69, 9.17) is 0 Å². The number of likely N-dealkylation sites (N-methyl/N-ethyl adjacent to an activating group) is 1. The smallest absolute Gasteiger partial charge is 0.249 e. The number of carbonyl (C=O) groups excluding carboxylic acids is 1. The Morgan fingerprint density at radius 2 is 2.07 bits per heavy atom. The number of benzene rings is 1. The van der Waals surface area contributed by atoms with Crippen LogP contribution in [0.15, 0.2) is 59.7 Å². The number of hydrogen-bond acceptors (Lipinski definition) is 8. The fraction of sp³-hybridized carbons (Fsp3) is 0.150. The fourth-order valence-electron chi connectivity index (χ4n) is 2.91. The number of aromatic nitrogens is 4. The van der Waals surface area contributed by atoms with Gasteiger partial charge in [0.05, 0.1) is 5.51 Å². The zero-order chi connectivity index (χ0) is 20.9. The average Bonchev–Trinajstić information content (AvgIpc) is 3.45. The van der Waals surface area contributed by atoms with Gasteiger partial charge in [-0.2, -0.15) is 0 Å². The van der Waals surface area contributed by atoms with Gasteiger partial charge in [0, 0.05) is 36.8 Å². The highest BCUT2D eigenvalue weighted by Gasteiger charge is 2.26. The Morgan fingerprint density at radius 1 is 1.23 bits per heavy atom. The van der Waals surface area contributed by atoms with Crippen LogP contribution < -0.4 is 10.2 Å². The van der Waals surface area contributed by atoms with Crippen molar-refractivity contribution in [3.05, 3.63) is 71.1 Å². The molecule has 0 aliphatic heterocycles. The Morgan fingerprint density at radius 3 is 2.80 bits per heavy atom. The van der Waals surface area contributed by atoms with Crippen molar-refractivity contribution in [1.82, 2.24) is 20.2 Å². The summed E-state index contributed by atoms with van der Waals surface area (Å²) < 4.78 is 13.7. The molecular formula is C20H17FN6OS2. The molecule has 0 saturated carbocycles. The molecule has 4 rings (SSSR count). The van der Waals surface area contributed by atoms with Crippen molar-refractivity contribution < 1.29 is 9.18 Å². The Balaban J connectivity index is 1.55. The van der Waals surface area contributed by atoms with Crippen LogP contribution in [0, 0.1) is 5.82 Å². The van der Waals surface area contributed by atoms with Gasteiger partial charge in [-0.3, -0.25) is 15.1 Å². The van der Waals surface area contributed by atoms with Crippen LogP contribution in [-0.4, -0.2) is 39.2 Å².